The number of benzene rings is 1. The lowest BCUT2D eigenvalue weighted by atomic mass is 10.1. The lowest BCUT2D eigenvalue weighted by molar-refractivity contribution is -0.384. The number of piperidine rings is 1. The maximum Gasteiger partial charge on any atom is 0.269 e. The highest BCUT2D eigenvalue weighted by Crippen LogP contribution is 2.38. The minimum absolute atomic E-state index is 0.0203. The Morgan fingerprint density at radius 1 is 1.13 bits per heavy atom. The smallest absolute Gasteiger partial charge is 0.269 e. The second-order valence-electron chi connectivity index (χ2n) is 6.00. The third-order valence-electron chi connectivity index (χ3n) is 4.46. The van der Waals surface area contributed by atoms with Crippen molar-refractivity contribution in [3.63, 3.8) is 0 Å². The molecule has 2 saturated heterocycles. The number of hydrogen-bond acceptors (Lipinski definition) is 5. The van der Waals surface area contributed by atoms with Crippen LogP contribution in [0.4, 0.5) is 5.69 Å². The molecule has 124 valence electrons. The van der Waals surface area contributed by atoms with Gasteiger partial charge < -0.3 is 9.80 Å². The molecule has 0 radical (unpaired) electrons. The second-order valence-corrected chi connectivity index (χ2v) is 7.07. The van der Waals surface area contributed by atoms with Gasteiger partial charge in [0.2, 0.25) is 5.91 Å². The highest BCUT2D eigenvalue weighted by molar-refractivity contribution is 8.00. The van der Waals surface area contributed by atoms with Crippen molar-refractivity contribution in [2.45, 2.75) is 24.6 Å². The molecular formula is C16H21N3O3S. The van der Waals surface area contributed by atoms with Gasteiger partial charge in [-0.1, -0.05) is 6.42 Å². The molecule has 6 nitrogen and oxygen atoms in total. The predicted molar refractivity (Wildman–Crippen MR) is 90.3 cm³/mol. The number of rotatable bonds is 5. The Kier molecular flexibility index (Phi) is 5.17. The van der Waals surface area contributed by atoms with E-state index in [1.807, 2.05) is 4.90 Å². The maximum atomic E-state index is 12.2. The average molecular weight is 335 g/mol. The number of amides is 1. The molecule has 1 atom stereocenters. The molecule has 1 aromatic rings. The summed E-state index contributed by atoms with van der Waals surface area (Å²) in [6.45, 7) is 3.89. The SMILES string of the molecule is O=C1CS[C@@H](c2ccc([N+](=O)[O-])cc2)N1CCN1CCCCC1. The number of non-ortho nitro benzene ring substituents is 1. The zero-order valence-corrected chi connectivity index (χ0v) is 13.8. The number of likely N-dealkylation sites (tertiary alicyclic amines) is 1. The van der Waals surface area contributed by atoms with Crippen LogP contribution < -0.4 is 0 Å². The van der Waals surface area contributed by atoms with Gasteiger partial charge in [-0.15, -0.1) is 11.8 Å². The van der Waals surface area contributed by atoms with Gasteiger partial charge in [0, 0.05) is 25.2 Å². The largest absolute Gasteiger partial charge is 0.325 e. The number of nitrogens with zero attached hydrogens (tertiary/aromatic N) is 3. The van der Waals surface area contributed by atoms with E-state index in [2.05, 4.69) is 4.90 Å². The van der Waals surface area contributed by atoms with Crippen LogP contribution in [0.15, 0.2) is 24.3 Å². The fourth-order valence-electron chi connectivity index (χ4n) is 3.16. The lowest BCUT2D eigenvalue weighted by Crippen LogP contribution is -2.39. The molecule has 23 heavy (non-hydrogen) atoms. The standard InChI is InChI=1S/C16H21N3O3S/c20-15-12-23-16(13-4-6-14(7-5-13)19(21)22)18(15)11-10-17-8-2-1-3-9-17/h4-7,16H,1-3,8-12H2/t16-/m0/s1. The normalized spacial score (nSPS) is 22.5. The van der Waals surface area contributed by atoms with Crippen LogP contribution in [0.3, 0.4) is 0 Å². The average Bonchev–Trinajstić information content (AvgIpc) is 2.95. The molecule has 0 unspecified atom stereocenters. The van der Waals surface area contributed by atoms with Crippen molar-refractivity contribution in [1.82, 2.24) is 9.80 Å². The number of carbonyl (C=O) groups excluding carboxylic acids is 1. The fraction of sp³-hybridized carbons (Fsp3) is 0.562. The zero-order chi connectivity index (χ0) is 16.2. The Labute approximate surface area is 140 Å². The first-order chi connectivity index (χ1) is 11.1. The quantitative estimate of drug-likeness (QED) is 0.611. The summed E-state index contributed by atoms with van der Waals surface area (Å²) in [4.78, 5) is 26.9. The third kappa shape index (κ3) is 3.84. The van der Waals surface area contributed by atoms with Crippen molar-refractivity contribution < 1.29 is 9.72 Å². The Morgan fingerprint density at radius 3 is 2.48 bits per heavy atom. The molecule has 0 spiro atoms. The van der Waals surface area contributed by atoms with Gasteiger partial charge >= 0.3 is 0 Å². The van der Waals surface area contributed by atoms with Crippen molar-refractivity contribution >= 4 is 23.4 Å². The van der Waals surface area contributed by atoms with Crippen LogP contribution in [0, 0.1) is 10.1 Å². The minimum atomic E-state index is -0.398. The van der Waals surface area contributed by atoms with Crippen molar-refractivity contribution in [2.75, 3.05) is 31.9 Å². The second kappa shape index (κ2) is 7.31. The summed E-state index contributed by atoms with van der Waals surface area (Å²) in [6.07, 6.45) is 3.80. The number of hydrogen-bond donors (Lipinski definition) is 0. The predicted octanol–water partition coefficient (Wildman–Crippen LogP) is 2.65. The van der Waals surface area contributed by atoms with Gasteiger partial charge in [-0.3, -0.25) is 14.9 Å². The van der Waals surface area contributed by atoms with E-state index in [1.165, 1.54) is 31.4 Å². The molecule has 1 aromatic carbocycles. The van der Waals surface area contributed by atoms with Crippen LogP contribution in [0.5, 0.6) is 0 Å². The summed E-state index contributed by atoms with van der Waals surface area (Å²) in [5.41, 5.74) is 1.05. The van der Waals surface area contributed by atoms with Gasteiger partial charge in [0.25, 0.3) is 5.69 Å². The third-order valence-corrected chi connectivity index (χ3v) is 5.72. The Hall–Kier alpha value is -1.60. The van der Waals surface area contributed by atoms with Crippen molar-refractivity contribution in [1.29, 1.82) is 0 Å². The number of thioether (sulfide) groups is 1. The van der Waals surface area contributed by atoms with Crippen LogP contribution in [0.2, 0.25) is 0 Å². The molecule has 2 aliphatic rings. The van der Waals surface area contributed by atoms with E-state index in [-0.39, 0.29) is 17.0 Å². The van der Waals surface area contributed by atoms with Crippen molar-refractivity contribution in [2.24, 2.45) is 0 Å². The van der Waals surface area contributed by atoms with E-state index in [4.69, 9.17) is 0 Å². The van der Waals surface area contributed by atoms with Crippen LogP contribution >= 0.6 is 11.8 Å². The van der Waals surface area contributed by atoms with E-state index in [0.29, 0.717) is 5.75 Å². The van der Waals surface area contributed by atoms with E-state index in [0.717, 1.165) is 31.7 Å². The summed E-state index contributed by atoms with van der Waals surface area (Å²) in [7, 11) is 0. The molecule has 0 aliphatic carbocycles. The molecule has 7 heteroatoms. The van der Waals surface area contributed by atoms with E-state index < -0.39 is 4.92 Å². The van der Waals surface area contributed by atoms with Gasteiger partial charge in [0.1, 0.15) is 5.37 Å². The first-order valence-electron chi connectivity index (χ1n) is 8.03. The topological polar surface area (TPSA) is 66.7 Å². The molecule has 0 aromatic heterocycles. The van der Waals surface area contributed by atoms with E-state index in [1.54, 1.807) is 23.9 Å². The lowest BCUT2D eigenvalue weighted by Gasteiger charge is -2.30. The van der Waals surface area contributed by atoms with Gasteiger partial charge in [0.15, 0.2) is 0 Å². The molecule has 2 aliphatic heterocycles. The van der Waals surface area contributed by atoms with Crippen LogP contribution in [-0.2, 0) is 4.79 Å². The molecule has 2 heterocycles. The summed E-state index contributed by atoms with van der Waals surface area (Å²) < 4.78 is 0. The molecular weight excluding hydrogens is 314 g/mol. The number of nitro groups is 1. The molecule has 2 fully saturated rings. The van der Waals surface area contributed by atoms with Crippen molar-refractivity contribution in [3.8, 4) is 0 Å². The highest BCUT2D eigenvalue weighted by Gasteiger charge is 2.33. The van der Waals surface area contributed by atoms with Gasteiger partial charge in [0.05, 0.1) is 10.7 Å². The van der Waals surface area contributed by atoms with Gasteiger partial charge in [-0.05, 0) is 43.6 Å². The first kappa shape index (κ1) is 16.3. The van der Waals surface area contributed by atoms with Crippen LogP contribution in [-0.4, -0.2) is 52.6 Å². The molecule has 0 N–H and O–H groups in total. The summed E-state index contributed by atoms with van der Waals surface area (Å²) in [5.74, 6) is 0.650. The van der Waals surface area contributed by atoms with Crippen molar-refractivity contribution in [3.05, 3.63) is 39.9 Å². The fourth-order valence-corrected chi connectivity index (χ4v) is 4.38. The highest BCUT2D eigenvalue weighted by atomic mass is 32.2. The molecule has 0 saturated carbocycles. The molecule has 0 bridgehead atoms. The maximum absolute atomic E-state index is 12.2. The Bertz CT molecular complexity index is 572. The van der Waals surface area contributed by atoms with E-state index >= 15 is 0 Å². The van der Waals surface area contributed by atoms with Gasteiger partial charge in [-0.2, -0.15) is 0 Å². The van der Waals surface area contributed by atoms with E-state index in [9.17, 15) is 14.9 Å². The number of carbonyl (C=O) groups is 1. The van der Waals surface area contributed by atoms with Crippen LogP contribution in [0.25, 0.3) is 0 Å². The number of nitro benzene ring substituents is 1. The molecule has 1 amide bonds. The zero-order valence-electron chi connectivity index (χ0n) is 13.0. The summed E-state index contributed by atoms with van der Waals surface area (Å²) >= 11 is 1.60. The first-order valence-corrected chi connectivity index (χ1v) is 9.08. The molecule has 3 rings (SSSR count). The monoisotopic (exact) mass is 335 g/mol. The minimum Gasteiger partial charge on any atom is -0.325 e. The Balaban J connectivity index is 1.65. The summed E-state index contributed by atoms with van der Waals surface area (Å²) in [6, 6.07) is 6.56. The Morgan fingerprint density at radius 2 is 1.83 bits per heavy atom. The summed E-state index contributed by atoms with van der Waals surface area (Å²) in [5, 5.41) is 10.7. The van der Waals surface area contributed by atoms with Crippen LogP contribution in [0.1, 0.15) is 30.2 Å². The van der Waals surface area contributed by atoms with Gasteiger partial charge in [-0.25, -0.2) is 0 Å².